The summed E-state index contributed by atoms with van der Waals surface area (Å²) < 4.78 is 10.6. The van der Waals surface area contributed by atoms with Crippen molar-refractivity contribution in [3.05, 3.63) is 42.0 Å². The number of nitrogen functional groups attached to an aromatic ring is 1. The first-order chi connectivity index (χ1) is 7.25. The zero-order valence-corrected chi connectivity index (χ0v) is 8.43. The highest BCUT2D eigenvalue weighted by molar-refractivity contribution is 5.45. The van der Waals surface area contributed by atoms with Gasteiger partial charge in [-0.25, -0.2) is 4.98 Å². The molecule has 0 saturated heterocycles. The second-order valence-electron chi connectivity index (χ2n) is 3.25. The summed E-state index contributed by atoms with van der Waals surface area (Å²) in [5, 5.41) is 0. The minimum Gasteiger partial charge on any atom is -0.469 e. The second-order valence-corrected chi connectivity index (χ2v) is 3.25. The standard InChI is InChI=1S/C11H12N2O2/c1-8-5-11(13-6-10(8)12)15-7-9-3-2-4-14-9/h2-6H,7,12H2,1H3. The molecule has 0 spiro atoms. The maximum atomic E-state index is 5.64. The Hall–Kier alpha value is -1.97. The third kappa shape index (κ3) is 2.28. The summed E-state index contributed by atoms with van der Waals surface area (Å²) in [4.78, 5) is 4.05. The van der Waals surface area contributed by atoms with Crippen molar-refractivity contribution in [2.24, 2.45) is 0 Å². The molecule has 4 heteroatoms. The first kappa shape index (κ1) is 9.58. The molecule has 0 aliphatic rings. The lowest BCUT2D eigenvalue weighted by Gasteiger charge is -2.05. The van der Waals surface area contributed by atoms with Gasteiger partial charge in [0.1, 0.15) is 12.4 Å². The first-order valence-electron chi connectivity index (χ1n) is 4.63. The lowest BCUT2D eigenvalue weighted by Crippen LogP contribution is -1.98. The van der Waals surface area contributed by atoms with Gasteiger partial charge in [-0.1, -0.05) is 0 Å². The summed E-state index contributed by atoms with van der Waals surface area (Å²) in [6, 6.07) is 5.47. The molecule has 0 aliphatic heterocycles. The van der Waals surface area contributed by atoms with Crippen molar-refractivity contribution in [3.63, 3.8) is 0 Å². The van der Waals surface area contributed by atoms with Crippen molar-refractivity contribution < 1.29 is 9.15 Å². The quantitative estimate of drug-likeness (QED) is 0.832. The number of ether oxygens (including phenoxy) is 1. The van der Waals surface area contributed by atoms with E-state index in [1.54, 1.807) is 18.5 Å². The van der Waals surface area contributed by atoms with Gasteiger partial charge in [-0.2, -0.15) is 0 Å². The molecule has 2 N–H and O–H groups in total. The van der Waals surface area contributed by atoms with E-state index in [0.29, 0.717) is 18.2 Å². The van der Waals surface area contributed by atoms with Gasteiger partial charge in [-0.15, -0.1) is 0 Å². The Balaban J connectivity index is 2.02. The van der Waals surface area contributed by atoms with Crippen molar-refractivity contribution in [1.82, 2.24) is 4.98 Å². The van der Waals surface area contributed by atoms with Crippen LogP contribution in [0.1, 0.15) is 11.3 Å². The normalized spacial score (nSPS) is 10.2. The largest absolute Gasteiger partial charge is 0.469 e. The summed E-state index contributed by atoms with van der Waals surface area (Å²) in [6.45, 7) is 2.29. The van der Waals surface area contributed by atoms with E-state index in [1.165, 1.54) is 0 Å². The number of furan rings is 1. The Kier molecular flexibility index (Phi) is 2.58. The Morgan fingerprint density at radius 3 is 3.07 bits per heavy atom. The van der Waals surface area contributed by atoms with Gasteiger partial charge in [-0.05, 0) is 24.6 Å². The molecule has 78 valence electrons. The van der Waals surface area contributed by atoms with Crippen LogP contribution in [0, 0.1) is 6.92 Å². The van der Waals surface area contributed by atoms with Crippen molar-refractivity contribution >= 4 is 5.69 Å². The summed E-state index contributed by atoms with van der Waals surface area (Å²) in [7, 11) is 0. The van der Waals surface area contributed by atoms with E-state index in [1.807, 2.05) is 19.1 Å². The second kappa shape index (κ2) is 4.04. The average Bonchev–Trinajstić information content (AvgIpc) is 2.73. The van der Waals surface area contributed by atoms with Gasteiger partial charge in [0.25, 0.3) is 0 Å². The van der Waals surface area contributed by atoms with Crippen LogP contribution in [0.3, 0.4) is 0 Å². The van der Waals surface area contributed by atoms with Crippen molar-refractivity contribution in [2.45, 2.75) is 13.5 Å². The minimum atomic E-state index is 0.378. The predicted molar refractivity (Wildman–Crippen MR) is 56.4 cm³/mol. The Morgan fingerprint density at radius 2 is 2.40 bits per heavy atom. The van der Waals surface area contributed by atoms with Gasteiger partial charge in [0.15, 0.2) is 0 Å². The van der Waals surface area contributed by atoms with Crippen LogP contribution in [0.15, 0.2) is 35.1 Å². The molecule has 0 saturated carbocycles. The molecular formula is C11H12N2O2. The molecule has 2 aromatic rings. The molecule has 0 atom stereocenters. The van der Waals surface area contributed by atoms with Gasteiger partial charge in [-0.3, -0.25) is 0 Å². The third-order valence-electron chi connectivity index (χ3n) is 2.07. The molecule has 2 heterocycles. The van der Waals surface area contributed by atoms with Crippen LogP contribution in [-0.2, 0) is 6.61 Å². The van der Waals surface area contributed by atoms with Gasteiger partial charge in [0, 0.05) is 6.07 Å². The number of aryl methyl sites for hydroxylation is 1. The molecule has 15 heavy (non-hydrogen) atoms. The topological polar surface area (TPSA) is 61.3 Å². The number of nitrogens with two attached hydrogens (primary N) is 1. The maximum Gasteiger partial charge on any atom is 0.214 e. The fraction of sp³-hybridized carbons (Fsp3) is 0.182. The fourth-order valence-electron chi connectivity index (χ4n) is 1.16. The van der Waals surface area contributed by atoms with E-state index in [9.17, 15) is 0 Å². The molecule has 0 bridgehead atoms. The van der Waals surface area contributed by atoms with E-state index in [-0.39, 0.29) is 0 Å². The van der Waals surface area contributed by atoms with E-state index in [0.717, 1.165) is 11.3 Å². The average molecular weight is 204 g/mol. The summed E-state index contributed by atoms with van der Waals surface area (Å²) >= 11 is 0. The van der Waals surface area contributed by atoms with Gasteiger partial charge in [0.05, 0.1) is 18.1 Å². The number of hydrogen-bond acceptors (Lipinski definition) is 4. The van der Waals surface area contributed by atoms with Crippen molar-refractivity contribution in [1.29, 1.82) is 0 Å². The Bertz CT molecular complexity index is 438. The molecule has 2 rings (SSSR count). The van der Waals surface area contributed by atoms with Crippen molar-refractivity contribution in [2.75, 3.05) is 5.73 Å². The van der Waals surface area contributed by atoms with Gasteiger partial charge in [0.2, 0.25) is 5.88 Å². The highest BCUT2D eigenvalue weighted by Gasteiger charge is 2.01. The Morgan fingerprint density at radius 1 is 1.53 bits per heavy atom. The highest BCUT2D eigenvalue weighted by atomic mass is 16.5. The zero-order chi connectivity index (χ0) is 10.7. The highest BCUT2D eigenvalue weighted by Crippen LogP contribution is 2.16. The van der Waals surface area contributed by atoms with Crippen LogP contribution in [0.4, 0.5) is 5.69 Å². The summed E-state index contributed by atoms with van der Waals surface area (Å²) in [5.41, 5.74) is 7.27. The molecular weight excluding hydrogens is 192 g/mol. The minimum absolute atomic E-state index is 0.378. The number of anilines is 1. The van der Waals surface area contributed by atoms with E-state index in [2.05, 4.69) is 4.98 Å². The number of hydrogen-bond donors (Lipinski definition) is 1. The molecule has 0 aliphatic carbocycles. The maximum absolute atomic E-state index is 5.64. The Labute approximate surface area is 87.7 Å². The predicted octanol–water partition coefficient (Wildman–Crippen LogP) is 2.14. The monoisotopic (exact) mass is 204 g/mol. The lowest BCUT2D eigenvalue weighted by atomic mass is 10.2. The number of rotatable bonds is 3. The number of aromatic nitrogens is 1. The molecule has 0 amide bonds. The van der Waals surface area contributed by atoms with Crippen LogP contribution in [-0.4, -0.2) is 4.98 Å². The van der Waals surface area contributed by atoms with Crippen LogP contribution in [0.5, 0.6) is 5.88 Å². The summed E-state index contributed by atoms with van der Waals surface area (Å²) in [6.07, 6.45) is 3.20. The van der Waals surface area contributed by atoms with Crippen molar-refractivity contribution in [3.8, 4) is 5.88 Å². The summed E-state index contributed by atoms with van der Waals surface area (Å²) in [5.74, 6) is 1.32. The number of nitrogens with zero attached hydrogens (tertiary/aromatic N) is 1. The third-order valence-corrected chi connectivity index (χ3v) is 2.07. The van der Waals surface area contributed by atoms with Crippen LogP contribution >= 0.6 is 0 Å². The smallest absolute Gasteiger partial charge is 0.214 e. The molecule has 2 aromatic heterocycles. The van der Waals surface area contributed by atoms with E-state index >= 15 is 0 Å². The first-order valence-corrected chi connectivity index (χ1v) is 4.63. The molecule has 0 unspecified atom stereocenters. The van der Waals surface area contributed by atoms with Crippen LogP contribution < -0.4 is 10.5 Å². The lowest BCUT2D eigenvalue weighted by molar-refractivity contribution is 0.260. The SMILES string of the molecule is Cc1cc(OCc2ccco2)ncc1N. The number of pyridine rings is 1. The van der Waals surface area contributed by atoms with Gasteiger partial charge >= 0.3 is 0 Å². The van der Waals surface area contributed by atoms with Gasteiger partial charge < -0.3 is 14.9 Å². The molecule has 4 nitrogen and oxygen atoms in total. The molecule has 0 aromatic carbocycles. The van der Waals surface area contributed by atoms with Crippen LogP contribution in [0.25, 0.3) is 0 Å². The fourth-order valence-corrected chi connectivity index (χ4v) is 1.16. The van der Waals surface area contributed by atoms with Crippen LogP contribution in [0.2, 0.25) is 0 Å². The zero-order valence-electron chi connectivity index (χ0n) is 8.43. The van der Waals surface area contributed by atoms with E-state index in [4.69, 9.17) is 14.9 Å². The molecule has 0 radical (unpaired) electrons. The van der Waals surface area contributed by atoms with E-state index < -0.39 is 0 Å². The molecule has 0 fully saturated rings.